The Bertz CT molecular complexity index is 480. The molecule has 0 bridgehead atoms. The number of nitrogens with zero attached hydrogens (tertiary/aromatic N) is 3. The molecule has 5 heteroatoms. The first-order chi connectivity index (χ1) is 5.77. The molecule has 0 spiro atoms. The number of aryl methyl sites for hydroxylation is 1. The monoisotopic (exact) mass is 245 g/mol. The smallest absolute Gasteiger partial charge is 0.404 e. The van der Waals surface area contributed by atoms with Crippen molar-refractivity contribution in [2.24, 2.45) is 0 Å². The molecule has 0 saturated heterocycles. The number of pyridine rings is 1. The summed E-state index contributed by atoms with van der Waals surface area (Å²) in [5.74, 6) is 0. The molecule has 0 aliphatic carbocycles. The molecule has 0 N–H and O–H groups in total. The van der Waals surface area contributed by atoms with Gasteiger partial charge < -0.3 is 9.97 Å². The maximum Gasteiger partial charge on any atom is 1.00 e. The van der Waals surface area contributed by atoms with Crippen LogP contribution >= 0.6 is 0 Å². The van der Waals surface area contributed by atoms with Gasteiger partial charge in [-0.2, -0.15) is 0 Å². The van der Waals surface area contributed by atoms with E-state index >= 15 is 0 Å². The number of aromatic nitrogens is 3. The number of rotatable bonds is 0. The fourth-order valence-electron chi connectivity index (χ4n) is 1.11. The summed E-state index contributed by atoms with van der Waals surface area (Å²) in [6, 6.07) is 1.80. The summed E-state index contributed by atoms with van der Waals surface area (Å²) in [5, 5.41) is 0.879. The number of fused-ring (bicyclic) bond motifs is 1. The van der Waals surface area contributed by atoms with Gasteiger partial charge in [-0.15, -0.1) is 0 Å². The van der Waals surface area contributed by atoms with Crippen molar-refractivity contribution < 1.29 is 58.2 Å². The molecule has 0 fully saturated rings. The van der Waals surface area contributed by atoms with Crippen molar-refractivity contribution in [3.05, 3.63) is 34.6 Å². The molecular formula is C8H6N3ORb. The van der Waals surface area contributed by atoms with Crippen molar-refractivity contribution >= 4 is 10.9 Å². The van der Waals surface area contributed by atoms with Gasteiger partial charge in [-0.05, 0) is 23.9 Å². The molecule has 0 radical (unpaired) electrons. The number of hydrogen-bond donors (Lipinski definition) is 0. The summed E-state index contributed by atoms with van der Waals surface area (Å²) in [4.78, 5) is 22.1. The van der Waals surface area contributed by atoms with Gasteiger partial charge in [0, 0.05) is 12.4 Å². The molecule has 2 rings (SSSR count). The van der Waals surface area contributed by atoms with Gasteiger partial charge in [-0.25, -0.2) is 0 Å². The molecule has 4 nitrogen and oxygen atoms in total. The zero-order valence-corrected chi connectivity index (χ0v) is 12.4. The van der Waals surface area contributed by atoms with Crippen LogP contribution < -0.4 is 68.9 Å². The van der Waals surface area contributed by atoms with Crippen molar-refractivity contribution in [1.29, 1.82) is 0 Å². The van der Waals surface area contributed by atoms with Gasteiger partial charge in [0.1, 0.15) is 0 Å². The predicted octanol–water partition coefficient (Wildman–Crippen LogP) is -2.74. The first-order valence-corrected chi connectivity index (χ1v) is 3.53. The van der Waals surface area contributed by atoms with E-state index in [0.717, 1.165) is 5.39 Å². The molecule has 2 aromatic rings. The van der Waals surface area contributed by atoms with E-state index in [1.807, 2.05) is 0 Å². The molecule has 0 aromatic carbocycles. The first kappa shape index (κ1) is 11.2. The van der Waals surface area contributed by atoms with E-state index in [-0.39, 0.29) is 58.2 Å². The average molecular weight is 246 g/mol. The summed E-state index contributed by atoms with van der Waals surface area (Å²) in [5.41, 5.74) is 0.857. The minimum atomic E-state index is -0.451. The second-order valence-corrected chi connectivity index (χ2v) is 2.48. The SMILES string of the molecule is Cc1nc(=O)[n-]c2cnccc12.[Rb+]. The third kappa shape index (κ3) is 2.31. The van der Waals surface area contributed by atoms with E-state index in [2.05, 4.69) is 15.0 Å². The zero-order chi connectivity index (χ0) is 8.55. The molecule has 13 heavy (non-hydrogen) atoms. The molecule has 0 unspecified atom stereocenters. The summed E-state index contributed by atoms with van der Waals surface area (Å²) < 4.78 is 0. The fraction of sp³-hybridized carbons (Fsp3) is 0.125. The molecule has 2 heterocycles. The van der Waals surface area contributed by atoms with Crippen LogP contribution in [0, 0.1) is 6.92 Å². The van der Waals surface area contributed by atoms with E-state index in [1.165, 1.54) is 0 Å². The van der Waals surface area contributed by atoms with Crippen molar-refractivity contribution in [3.8, 4) is 0 Å². The van der Waals surface area contributed by atoms with Crippen LogP contribution in [0.15, 0.2) is 23.3 Å². The Morgan fingerprint density at radius 2 is 2.23 bits per heavy atom. The normalized spacial score (nSPS) is 9.62. The molecule has 0 aliphatic heterocycles. The molecular weight excluding hydrogens is 240 g/mol. The van der Waals surface area contributed by atoms with Gasteiger partial charge in [-0.1, -0.05) is 5.69 Å². The van der Waals surface area contributed by atoms with Crippen LogP contribution in [0.1, 0.15) is 5.69 Å². The van der Waals surface area contributed by atoms with E-state index in [4.69, 9.17) is 0 Å². The van der Waals surface area contributed by atoms with Crippen LogP contribution in [0.2, 0.25) is 0 Å². The Balaban J connectivity index is 0.000000845. The van der Waals surface area contributed by atoms with Gasteiger partial charge >= 0.3 is 58.2 Å². The Hall–Kier alpha value is 0.0952. The molecule has 60 valence electrons. The van der Waals surface area contributed by atoms with Gasteiger partial charge in [0.15, 0.2) is 5.69 Å². The number of hydrogen-bond acceptors (Lipinski definition) is 3. The Morgan fingerprint density at radius 3 is 3.00 bits per heavy atom. The van der Waals surface area contributed by atoms with Crippen LogP contribution in [-0.4, -0.2) is 9.97 Å². The second-order valence-electron chi connectivity index (χ2n) is 2.48. The quantitative estimate of drug-likeness (QED) is 0.505. The van der Waals surface area contributed by atoms with Crippen LogP contribution in [0.25, 0.3) is 10.9 Å². The van der Waals surface area contributed by atoms with Gasteiger partial charge in [0.05, 0.1) is 0 Å². The van der Waals surface area contributed by atoms with E-state index in [0.29, 0.717) is 11.2 Å². The van der Waals surface area contributed by atoms with Crippen molar-refractivity contribution in [1.82, 2.24) is 15.0 Å². The second kappa shape index (κ2) is 4.55. The third-order valence-electron chi connectivity index (χ3n) is 1.67. The van der Waals surface area contributed by atoms with E-state index < -0.39 is 5.69 Å². The van der Waals surface area contributed by atoms with Gasteiger partial charge in [0.25, 0.3) is 0 Å². The topological polar surface area (TPSA) is 57.0 Å². The average Bonchev–Trinajstić information content (AvgIpc) is 2.04. The minimum absolute atomic E-state index is 0. The van der Waals surface area contributed by atoms with Crippen molar-refractivity contribution in [2.45, 2.75) is 6.92 Å². The van der Waals surface area contributed by atoms with Crippen molar-refractivity contribution in [2.75, 3.05) is 0 Å². The first-order valence-electron chi connectivity index (χ1n) is 3.53. The summed E-state index contributed by atoms with van der Waals surface area (Å²) >= 11 is 0. The third-order valence-corrected chi connectivity index (χ3v) is 1.67. The van der Waals surface area contributed by atoms with Crippen LogP contribution in [0.4, 0.5) is 0 Å². The van der Waals surface area contributed by atoms with Gasteiger partial charge in [-0.3, -0.25) is 9.78 Å². The van der Waals surface area contributed by atoms with E-state index in [9.17, 15) is 4.79 Å². The predicted molar refractivity (Wildman–Crippen MR) is 43.9 cm³/mol. The fourth-order valence-corrected chi connectivity index (χ4v) is 1.11. The van der Waals surface area contributed by atoms with Crippen LogP contribution in [0.3, 0.4) is 0 Å². The van der Waals surface area contributed by atoms with Crippen LogP contribution in [-0.2, 0) is 0 Å². The molecule has 0 saturated carbocycles. The molecule has 0 aliphatic rings. The maximum atomic E-state index is 10.9. The standard InChI is InChI=1S/C8H7N3O.Rb/c1-5-6-2-3-9-4-7(6)11-8(12)10-5;/h2-4H,1H3,(H,10,11,12);/q;+1/p-1. The molecule has 0 atom stereocenters. The zero-order valence-electron chi connectivity index (χ0n) is 7.48. The minimum Gasteiger partial charge on any atom is -0.404 e. The van der Waals surface area contributed by atoms with Gasteiger partial charge in [0.2, 0.25) is 0 Å². The molecule has 0 amide bonds. The van der Waals surface area contributed by atoms with Crippen molar-refractivity contribution in [3.63, 3.8) is 0 Å². The summed E-state index contributed by atoms with van der Waals surface area (Å²) in [6.45, 7) is 1.78. The molecule has 2 aromatic heterocycles. The Labute approximate surface area is 124 Å². The summed E-state index contributed by atoms with van der Waals surface area (Å²) in [6.07, 6.45) is 3.22. The summed E-state index contributed by atoms with van der Waals surface area (Å²) in [7, 11) is 0. The van der Waals surface area contributed by atoms with E-state index in [1.54, 1.807) is 25.4 Å². The van der Waals surface area contributed by atoms with Crippen LogP contribution in [0.5, 0.6) is 0 Å². The maximum absolute atomic E-state index is 10.9. The Morgan fingerprint density at radius 1 is 1.46 bits per heavy atom. The largest absolute Gasteiger partial charge is 1.00 e. The Kier molecular flexibility index (Phi) is 3.91.